The van der Waals surface area contributed by atoms with Crippen molar-refractivity contribution in [3.8, 4) is 5.75 Å². The molecule has 1 spiro atoms. The number of aromatic nitrogens is 1. The Morgan fingerprint density at radius 1 is 1.18 bits per heavy atom. The van der Waals surface area contributed by atoms with Crippen LogP contribution in [0.1, 0.15) is 78.8 Å². The summed E-state index contributed by atoms with van der Waals surface area (Å²) in [5.41, 5.74) is -0.980. The van der Waals surface area contributed by atoms with Crippen molar-refractivity contribution in [1.82, 2.24) is 14.8 Å². The van der Waals surface area contributed by atoms with E-state index in [9.17, 15) is 18.8 Å². The zero-order valence-electron chi connectivity index (χ0n) is 22.1. The Balaban J connectivity index is 1.70. The monoisotopic (exact) mass is 547 g/mol. The molecule has 1 aliphatic heterocycles. The molecular formula is C28H35ClFN3O5. The van der Waals surface area contributed by atoms with Crippen molar-refractivity contribution in [3.63, 3.8) is 0 Å². The highest BCUT2D eigenvalue weighted by molar-refractivity contribution is 6.30. The van der Waals surface area contributed by atoms with Crippen LogP contribution in [0.25, 0.3) is 0 Å². The van der Waals surface area contributed by atoms with Crippen molar-refractivity contribution in [2.45, 2.75) is 70.6 Å². The van der Waals surface area contributed by atoms with Crippen molar-refractivity contribution in [3.05, 3.63) is 62.3 Å². The molecule has 1 fully saturated rings. The van der Waals surface area contributed by atoms with E-state index in [4.69, 9.17) is 21.1 Å². The Hall–Kier alpha value is -2.91. The molecule has 206 valence electrons. The molecular weight excluding hydrogens is 513 g/mol. The first-order valence-electron chi connectivity index (χ1n) is 13.2. The Bertz CT molecular complexity index is 1260. The normalized spacial score (nSPS) is 20.3. The number of hydrogen-bond acceptors (Lipinski definition) is 5. The van der Waals surface area contributed by atoms with Crippen LogP contribution in [-0.4, -0.2) is 54.2 Å². The lowest BCUT2D eigenvalue weighted by Gasteiger charge is -2.53. The van der Waals surface area contributed by atoms with Gasteiger partial charge < -0.3 is 24.3 Å². The van der Waals surface area contributed by atoms with E-state index >= 15 is 0 Å². The van der Waals surface area contributed by atoms with Crippen LogP contribution < -0.4 is 15.5 Å². The summed E-state index contributed by atoms with van der Waals surface area (Å²) in [6.45, 7) is 5.28. The van der Waals surface area contributed by atoms with E-state index in [1.165, 1.54) is 18.3 Å². The molecule has 1 saturated carbocycles. The number of benzene rings is 1. The van der Waals surface area contributed by atoms with Crippen molar-refractivity contribution in [1.29, 1.82) is 0 Å². The Morgan fingerprint density at radius 3 is 2.61 bits per heavy atom. The van der Waals surface area contributed by atoms with Gasteiger partial charge in [0.2, 0.25) is 5.43 Å². The number of amides is 2. The van der Waals surface area contributed by atoms with E-state index in [0.717, 1.165) is 19.3 Å². The number of pyridine rings is 1. The van der Waals surface area contributed by atoms with Crippen LogP contribution in [0.4, 0.5) is 4.39 Å². The number of unbranched alkanes of at least 4 members (excludes halogenated alkanes) is 2. The van der Waals surface area contributed by atoms with Crippen LogP contribution in [-0.2, 0) is 16.8 Å². The molecule has 0 saturated heterocycles. The van der Waals surface area contributed by atoms with Gasteiger partial charge in [0.15, 0.2) is 11.4 Å². The fourth-order valence-electron chi connectivity index (χ4n) is 5.13. The summed E-state index contributed by atoms with van der Waals surface area (Å²) in [5.74, 6) is -1.76. The maximum Gasteiger partial charge on any atom is 0.274 e. The van der Waals surface area contributed by atoms with E-state index < -0.39 is 22.7 Å². The molecule has 1 aliphatic carbocycles. The maximum atomic E-state index is 14.4. The van der Waals surface area contributed by atoms with Crippen LogP contribution in [0.2, 0.25) is 5.02 Å². The summed E-state index contributed by atoms with van der Waals surface area (Å²) in [5, 5.41) is 2.57. The number of likely N-dealkylation sites (N-methyl/N-ethyl adjacent to an activating group) is 1. The number of rotatable bonds is 11. The predicted octanol–water partition coefficient (Wildman–Crippen LogP) is 4.51. The zero-order valence-corrected chi connectivity index (χ0v) is 22.9. The lowest BCUT2D eigenvalue weighted by molar-refractivity contribution is -0.0867. The van der Waals surface area contributed by atoms with Gasteiger partial charge in [0.25, 0.3) is 11.8 Å². The third kappa shape index (κ3) is 5.45. The van der Waals surface area contributed by atoms with Crippen LogP contribution in [0.15, 0.2) is 29.2 Å². The molecule has 2 heterocycles. The van der Waals surface area contributed by atoms with E-state index in [1.54, 1.807) is 22.6 Å². The van der Waals surface area contributed by atoms with E-state index in [0.29, 0.717) is 32.4 Å². The van der Waals surface area contributed by atoms with Gasteiger partial charge in [0, 0.05) is 38.5 Å². The van der Waals surface area contributed by atoms with Crippen molar-refractivity contribution >= 4 is 23.4 Å². The number of fused-ring (bicyclic) bond motifs is 2. The third-order valence-corrected chi connectivity index (χ3v) is 7.58. The smallest absolute Gasteiger partial charge is 0.274 e. The lowest BCUT2D eigenvalue weighted by Crippen LogP contribution is -2.61. The fourth-order valence-corrected chi connectivity index (χ4v) is 5.33. The minimum absolute atomic E-state index is 0.0305. The van der Waals surface area contributed by atoms with Gasteiger partial charge in [-0.25, -0.2) is 4.39 Å². The summed E-state index contributed by atoms with van der Waals surface area (Å²) in [6, 6.07) is 4.52. The standard InChI is InChI=1S/C28H35ClFN3O5/c1-4-6-11-37-19-13-28(14-19)17-32(3)27(36)23-25(38-12-7-5-2)24(34)20(16-33(23)28)26(35)31-15-18-9-8-10-21(29)22(18)30/h8-10,16,19H,4-7,11-15,17H2,1-3H3,(H,31,35)/t19-,28-. The lowest BCUT2D eigenvalue weighted by atomic mass is 9.72. The number of hydrogen-bond donors (Lipinski definition) is 1. The predicted molar refractivity (Wildman–Crippen MR) is 143 cm³/mol. The van der Waals surface area contributed by atoms with Gasteiger partial charge in [-0.1, -0.05) is 50.4 Å². The minimum Gasteiger partial charge on any atom is -0.487 e. The minimum atomic E-state index is -0.679. The summed E-state index contributed by atoms with van der Waals surface area (Å²) in [4.78, 5) is 41.7. The van der Waals surface area contributed by atoms with Crippen LogP contribution in [0, 0.1) is 5.82 Å². The molecule has 2 aliphatic rings. The quantitative estimate of drug-likeness (QED) is 0.418. The fraction of sp³-hybridized carbons (Fsp3) is 0.536. The van der Waals surface area contributed by atoms with Gasteiger partial charge in [-0.05, 0) is 31.7 Å². The van der Waals surface area contributed by atoms with Gasteiger partial charge in [-0.2, -0.15) is 0 Å². The van der Waals surface area contributed by atoms with Crippen LogP contribution >= 0.6 is 11.6 Å². The molecule has 0 unspecified atom stereocenters. The molecule has 2 aromatic rings. The van der Waals surface area contributed by atoms with Crippen molar-refractivity contribution in [2.75, 3.05) is 26.8 Å². The van der Waals surface area contributed by atoms with E-state index in [-0.39, 0.29) is 52.8 Å². The first kappa shape index (κ1) is 28.1. The molecule has 0 radical (unpaired) electrons. The second-order valence-corrected chi connectivity index (χ2v) is 10.6. The number of carbonyl (C=O) groups is 2. The molecule has 1 aromatic carbocycles. The van der Waals surface area contributed by atoms with E-state index in [1.807, 2.05) is 6.92 Å². The number of nitrogens with one attached hydrogen (secondary N) is 1. The molecule has 0 bridgehead atoms. The first-order valence-corrected chi connectivity index (χ1v) is 13.6. The Morgan fingerprint density at radius 2 is 1.89 bits per heavy atom. The van der Waals surface area contributed by atoms with Gasteiger partial charge in [-0.15, -0.1) is 0 Å². The molecule has 1 N–H and O–H groups in total. The molecule has 38 heavy (non-hydrogen) atoms. The highest BCUT2D eigenvalue weighted by atomic mass is 35.5. The van der Waals surface area contributed by atoms with Gasteiger partial charge in [0.05, 0.1) is 23.3 Å². The van der Waals surface area contributed by atoms with E-state index in [2.05, 4.69) is 12.2 Å². The summed E-state index contributed by atoms with van der Waals surface area (Å²) >= 11 is 5.86. The topological polar surface area (TPSA) is 89.9 Å². The Labute approximate surface area is 227 Å². The van der Waals surface area contributed by atoms with Crippen molar-refractivity contribution < 1.29 is 23.5 Å². The maximum absolute atomic E-state index is 14.4. The van der Waals surface area contributed by atoms with Gasteiger partial charge in [0.1, 0.15) is 11.4 Å². The molecule has 2 amide bonds. The molecule has 10 heteroatoms. The Kier molecular flexibility index (Phi) is 8.78. The summed E-state index contributed by atoms with van der Waals surface area (Å²) in [7, 11) is 1.71. The van der Waals surface area contributed by atoms with Crippen LogP contribution in [0.3, 0.4) is 0 Å². The number of nitrogens with zero attached hydrogens (tertiary/aromatic N) is 2. The summed E-state index contributed by atoms with van der Waals surface area (Å²) < 4.78 is 28.0. The highest BCUT2D eigenvalue weighted by Gasteiger charge is 2.52. The first-order chi connectivity index (χ1) is 18.2. The van der Waals surface area contributed by atoms with Gasteiger partial charge >= 0.3 is 0 Å². The SMILES string of the molecule is CCCCOc1c2n(cc(C(=O)NCc3cccc(Cl)c3F)c1=O)[C@]1(CN(C)C2=O)C[C@@H](OCCCC)C1. The second-order valence-electron chi connectivity index (χ2n) is 10.2. The molecule has 8 nitrogen and oxygen atoms in total. The molecule has 4 rings (SSSR count). The number of ether oxygens (including phenoxy) is 2. The summed E-state index contributed by atoms with van der Waals surface area (Å²) in [6.07, 6.45) is 6.31. The average molecular weight is 548 g/mol. The second kappa shape index (κ2) is 11.9. The highest BCUT2D eigenvalue weighted by Crippen LogP contribution is 2.46. The zero-order chi connectivity index (χ0) is 27.4. The average Bonchev–Trinajstić information content (AvgIpc) is 2.87. The number of halogens is 2. The van der Waals surface area contributed by atoms with Gasteiger partial charge in [-0.3, -0.25) is 14.4 Å². The van der Waals surface area contributed by atoms with Crippen LogP contribution in [0.5, 0.6) is 5.75 Å². The third-order valence-electron chi connectivity index (χ3n) is 7.28. The van der Waals surface area contributed by atoms with Crippen molar-refractivity contribution in [2.24, 2.45) is 0 Å². The number of carbonyl (C=O) groups excluding carboxylic acids is 2. The molecule has 1 aromatic heterocycles. The largest absolute Gasteiger partial charge is 0.487 e. The molecule has 0 atom stereocenters.